The predicted molar refractivity (Wildman–Crippen MR) is 56.0 cm³/mol. The summed E-state index contributed by atoms with van der Waals surface area (Å²) in [7, 11) is 1.04. The zero-order chi connectivity index (χ0) is 14.0. The molecule has 0 heterocycles. The van der Waals surface area contributed by atoms with Gasteiger partial charge in [-0.15, -0.1) is 0 Å². The molecule has 0 saturated carbocycles. The molecule has 0 fully saturated rings. The van der Waals surface area contributed by atoms with Crippen molar-refractivity contribution in [1.82, 2.24) is 0 Å². The molecule has 1 aromatic rings. The molecule has 1 aromatic carbocycles. The average molecular weight is 243 g/mol. The molecule has 0 amide bonds. The number of non-ortho nitro benzene ring substituents is 1. The van der Waals surface area contributed by atoms with E-state index in [1.165, 1.54) is 0 Å². The van der Waals surface area contributed by atoms with Gasteiger partial charge in [0.25, 0.3) is 5.69 Å². The van der Waals surface area contributed by atoms with Crippen LogP contribution in [0.5, 0.6) is 0 Å². The maximum absolute atomic E-state index is 10.7. The van der Waals surface area contributed by atoms with Crippen LogP contribution in [0.4, 0.5) is 22.7 Å². The van der Waals surface area contributed by atoms with E-state index >= 15 is 0 Å². The first kappa shape index (κ1) is 10.7. The van der Waals surface area contributed by atoms with Crippen molar-refractivity contribution in [2.75, 3.05) is 12.4 Å². The van der Waals surface area contributed by atoms with Crippen molar-refractivity contribution in [3.05, 3.63) is 42.5 Å². The number of nitro groups is 3. The topological polar surface area (TPSA) is 141 Å². The zero-order valence-corrected chi connectivity index (χ0v) is 8.39. The molecule has 1 N–H and O–H groups in total. The quantitative estimate of drug-likeness (QED) is 0.622. The lowest BCUT2D eigenvalue weighted by atomic mass is 10.2. The van der Waals surface area contributed by atoms with Gasteiger partial charge in [-0.3, -0.25) is 30.3 Å². The number of benzene rings is 1. The molecule has 0 bridgehead atoms. The monoisotopic (exact) mass is 243 g/mol. The van der Waals surface area contributed by atoms with Gasteiger partial charge in [-0.1, -0.05) is 0 Å². The summed E-state index contributed by atoms with van der Waals surface area (Å²) in [6, 6.07) is 1.15. The Labute approximate surface area is 94.8 Å². The predicted octanol–water partition coefficient (Wildman–Crippen LogP) is 1.45. The molecule has 0 aliphatic carbocycles. The van der Waals surface area contributed by atoms with Gasteiger partial charge < -0.3 is 5.31 Å². The molecule has 10 heteroatoms. The molecule has 0 radical (unpaired) electrons. The molecule has 0 aliphatic heterocycles. The maximum atomic E-state index is 10.7. The number of nitrogens with one attached hydrogen (secondary N) is 1. The summed E-state index contributed by atoms with van der Waals surface area (Å²) in [6.07, 6.45) is 0. The molecule has 90 valence electrons. The second-order valence-electron chi connectivity index (χ2n) is 2.83. The van der Waals surface area contributed by atoms with Crippen molar-refractivity contribution in [2.24, 2.45) is 0 Å². The molecule has 0 aliphatic rings. The number of rotatable bonds is 4. The Bertz CT molecular complexity index is 510. The van der Waals surface area contributed by atoms with Crippen molar-refractivity contribution in [3.63, 3.8) is 0 Å². The van der Waals surface area contributed by atoms with Crippen LogP contribution in [-0.2, 0) is 0 Å². The van der Waals surface area contributed by atoms with Crippen LogP contribution < -0.4 is 5.31 Å². The summed E-state index contributed by atoms with van der Waals surface area (Å²) in [6.45, 7) is 0. The van der Waals surface area contributed by atoms with E-state index in [0.717, 1.165) is 7.05 Å². The zero-order valence-electron chi connectivity index (χ0n) is 9.39. The van der Waals surface area contributed by atoms with E-state index in [2.05, 4.69) is 0 Å². The lowest BCUT2D eigenvalue weighted by molar-refractivity contribution is -0.401. The van der Waals surface area contributed by atoms with Crippen LogP contribution in [0.3, 0.4) is 0 Å². The Morgan fingerprint density at radius 1 is 1.06 bits per heavy atom. The number of hydrogen-bond acceptors (Lipinski definition) is 7. The van der Waals surface area contributed by atoms with Crippen LogP contribution in [0, 0.1) is 30.3 Å². The highest BCUT2D eigenvalue weighted by molar-refractivity contribution is 5.76. The minimum Gasteiger partial charge on any atom is -0.377 e. The van der Waals surface area contributed by atoms with Crippen LogP contribution in [0.1, 0.15) is 0 Å². The van der Waals surface area contributed by atoms with Gasteiger partial charge in [-0.25, -0.2) is 0 Å². The largest absolute Gasteiger partial charge is 0.377 e. The summed E-state index contributed by atoms with van der Waals surface area (Å²) < 4.78 is 7.22. The van der Waals surface area contributed by atoms with E-state index in [1.54, 1.807) is 0 Å². The Balaban J connectivity index is 3.71. The SMILES string of the molecule is [2H]N(C)c1c([N+](=O)[O-])cc([N+](=O)[O-])cc1[N+](=O)[O-]. The average Bonchev–Trinajstić information content (AvgIpc) is 2.26. The molecule has 0 saturated heterocycles. The van der Waals surface area contributed by atoms with Gasteiger partial charge in [0.1, 0.15) is 0 Å². The fourth-order valence-electron chi connectivity index (χ4n) is 1.20. The van der Waals surface area contributed by atoms with Gasteiger partial charge in [0, 0.05) is 7.05 Å². The minimum absolute atomic E-state index is 0.417. The second kappa shape index (κ2) is 4.38. The van der Waals surface area contributed by atoms with Crippen molar-refractivity contribution in [3.8, 4) is 0 Å². The number of anilines is 1. The lowest BCUT2D eigenvalue weighted by Crippen LogP contribution is -2.03. The van der Waals surface area contributed by atoms with Gasteiger partial charge in [-0.2, -0.15) is 0 Å². The first-order valence-corrected chi connectivity index (χ1v) is 4.09. The standard InChI is InChI=1S/C7H6N4O6/c1-8-7-5(10(14)15)2-4(9(12)13)3-6(7)11(16)17/h2-3,8H,1H3/i/hD. The number of hydrogen-bond donors (Lipinski definition) is 1. The number of nitro benzene ring substituents is 3. The first-order valence-electron chi connectivity index (χ1n) is 4.54. The Morgan fingerprint density at radius 2 is 1.47 bits per heavy atom. The summed E-state index contributed by atoms with van der Waals surface area (Å²) in [5, 5.41) is 32.4. The van der Waals surface area contributed by atoms with Crippen LogP contribution in [0.25, 0.3) is 0 Å². The van der Waals surface area contributed by atoms with Crippen LogP contribution >= 0.6 is 0 Å². The third kappa shape index (κ3) is 2.25. The molecular formula is C7H6N4O6. The van der Waals surface area contributed by atoms with Crippen LogP contribution in [-0.4, -0.2) is 21.8 Å². The van der Waals surface area contributed by atoms with E-state index < -0.39 is 37.5 Å². The van der Waals surface area contributed by atoms with E-state index in [0.29, 0.717) is 17.4 Å². The highest BCUT2D eigenvalue weighted by atomic mass is 16.6. The second-order valence-corrected chi connectivity index (χ2v) is 2.83. The summed E-state index contributed by atoms with van der Waals surface area (Å²) >= 11 is 0. The van der Waals surface area contributed by atoms with Crippen molar-refractivity contribution < 1.29 is 16.2 Å². The first-order chi connectivity index (χ1) is 8.25. The molecule has 0 atom stereocenters. The van der Waals surface area contributed by atoms with Gasteiger partial charge in [0.05, 0.1) is 26.9 Å². The van der Waals surface area contributed by atoms with Gasteiger partial charge in [0.15, 0.2) is 7.10 Å². The summed E-state index contributed by atoms with van der Waals surface area (Å²) in [5.74, 6) is 0. The molecule has 10 nitrogen and oxygen atoms in total. The molecule has 17 heavy (non-hydrogen) atoms. The third-order valence-electron chi connectivity index (χ3n) is 1.88. The van der Waals surface area contributed by atoms with Crippen molar-refractivity contribution >= 4 is 22.7 Å². The highest BCUT2D eigenvalue weighted by Gasteiger charge is 2.29. The Kier molecular flexibility index (Phi) is 2.77. The van der Waals surface area contributed by atoms with Gasteiger partial charge in [-0.05, 0) is 0 Å². The van der Waals surface area contributed by atoms with Crippen LogP contribution in [0.15, 0.2) is 12.1 Å². The van der Waals surface area contributed by atoms with E-state index in [1.807, 2.05) is 0 Å². The van der Waals surface area contributed by atoms with Crippen LogP contribution in [0.2, 0.25) is 1.41 Å². The fourth-order valence-corrected chi connectivity index (χ4v) is 1.20. The smallest absolute Gasteiger partial charge is 0.306 e. The molecular weight excluding hydrogens is 236 g/mol. The third-order valence-corrected chi connectivity index (χ3v) is 1.88. The number of nitrogens with zero attached hydrogens (tertiary/aromatic N) is 3. The van der Waals surface area contributed by atoms with Gasteiger partial charge in [0.2, 0.25) is 0 Å². The summed E-state index contributed by atoms with van der Waals surface area (Å²) in [5.41, 5.74) is -3.13. The van der Waals surface area contributed by atoms with E-state index in [9.17, 15) is 30.3 Å². The molecule has 0 unspecified atom stereocenters. The lowest BCUT2D eigenvalue weighted by Gasteiger charge is -2.02. The fraction of sp³-hybridized carbons (Fsp3) is 0.143. The van der Waals surface area contributed by atoms with E-state index in [4.69, 9.17) is 1.41 Å². The Morgan fingerprint density at radius 3 is 1.71 bits per heavy atom. The van der Waals surface area contributed by atoms with E-state index in [-0.39, 0.29) is 0 Å². The van der Waals surface area contributed by atoms with Crippen molar-refractivity contribution in [1.29, 1.82) is 0 Å². The minimum atomic E-state index is -1.01. The Hall–Kier alpha value is -2.78. The maximum Gasteiger partial charge on any atom is 0.306 e. The van der Waals surface area contributed by atoms with Crippen molar-refractivity contribution in [2.45, 2.75) is 0 Å². The normalized spacial score (nSPS) is 10.5. The van der Waals surface area contributed by atoms with Gasteiger partial charge >= 0.3 is 11.4 Å². The molecule has 1 rings (SSSR count). The molecule has 0 spiro atoms. The highest BCUT2D eigenvalue weighted by Crippen LogP contribution is 2.37. The molecule has 0 aromatic heterocycles. The summed E-state index contributed by atoms with van der Waals surface area (Å²) in [4.78, 5) is 29.0.